The van der Waals surface area contributed by atoms with Crippen molar-refractivity contribution >= 4 is 17.7 Å². The normalized spacial score (nSPS) is 34.6. The summed E-state index contributed by atoms with van der Waals surface area (Å²) in [6.07, 6.45) is 8.66. The van der Waals surface area contributed by atoms with Gasteiger partial charge in [-0.1, -0.05) is 6.92 Å². The first-order valence-electron chi connectivity index (χ1n) is 9.62. The number of hydrazine groups is 1. The molecule has 0 aromatic rings. The number of rotatable bonds is 6. The highest BCUT2D eigenvalue weighted by molar-refractivity contribution is 8.00. The van der Waals surface area contributed by atoms with E-state index in [1.165, 1.54) is 31.4 Å². The molecular formula is C18H33N3O2S. The lowest BCUT2D eigenvalue weighted by molar-refractivity contribution is -0.144. The van der Waals surface area contributed by atoms with Crippen molar-refractivity contribution in [3.8, 4) is 0 Å². The lowest BCUT2D eigenvalue weighted by Crippen LogP contribution is -2.51. The number of carbonyl (C=O) groups is 1. The Morgan fingerprint density at radius 2 is 2.04 bits per heavy atom. The highest BCUT2D eigenvalue weighted by Crippen LogP contribution is 2.29. The van der Waals surface area contributed by atoms with Crippen LogP contribution in [0, 0.1) is 5.92 Å². The van der Waals surface area contributed by atoms with Gasteiger partial charge in [0.2, 0.25) is 5.91 Å². The predicted molar refractivity (Wildman–Crippen MR) is 98.7 cm³/mol. The Labute approximate surface area is 150 Å². The van der Waals surface area contributed by atoms with Gasteiger partial charge in [-0.2, -0.15) is 11.8 Å². The van der Waals surface area contributed by atoms with Gasteiger partial charge in [-0.25, -0.2) is 5.01 Å². The van der Waals surface area contributed by atoms with Crippen LogP contribution in [0.25, 0.3) is 0 Å². The largest absolute Gasteiger partial charge is 0.368 e. The summed E-state index contributed by atoms with van der Waals surface area (Å²) in [4.78, 5) is 15.0. The molecule has 0 radical (unpaired) electrons. The Morgan fingerprint density at radius 1 is 1.25 bits per heavy atom. The molecular weight excluding hydrogens is 322 g/mol. The zero-order valence-electron chi connectivity index (χ0n) is 15.2. The third kappa shape index (κ3) is 4.87. The number of thioether (sulfide) groups is 1. The van der Waals surface area contributed by atoms with Gasteiger partial charge in [0.15, 0.2) is 0 Å². The van der Waals surface area contributed by atoms with Crippen molar-refractivity contribution < 1.29 is 9.53 Å². The lowest BCUT2D eigenvalue weighted by Gasteiger charge is -2.35. The predicted octanol–water partition coefficient (Wildman–Crippen LogP) is 2.47. The molecule has 3 fully saturated rings. The first-order chi connectivity index (χ1) is 11.6. The van der Waals surface area contributed by atoms with Crippen molar-refractivity contribution in [1.29, 1.82) is 0 Å². The Hall–Kier alpha value is -0.300. The smallest absolute Gasteiger partial charge is 0.249 e. The molecule has 24 heavy (non-hydrogen) atoms. The van der Waals surface area contributed by atoms with E-state index in [1.54, 1.807) is 0 Å². The summed E-state index contributed by atoms with van der Waals surface area (Å²) in [7, 11) is 2.04. The van der Waals surface area contributed by atoms with Gasteiger partial charge in [0.1, 0.15) is 6.61 Å². The summed E-state index contributed by atoms with van der Waals surface area (Å²) < 4.78 is 6.00. The number of nitrogens with one attached hydrogen (secondary N) is 1. The third-order valence-electron chi connectivity index (χ3n) is 5.72. The molecule has 0 bridgehead atoms. The highest BCUT2D eigenvalue weighted by atomic mass is 32.2. The highest BCUT2D eigenvalue weighted by Gasteiger charge is 2.33. The third-order valence-corrected chi connectivity index (χ3v) is 7.10. The van der Waals surface area contributed by atoms with Crippen LogP contribution in [0.4, 0.5) is 0 Å². The molecule has 1 saturated carbocycles. The maximum atomic E-state index is 12.9. The first-order valence-corrected chi connectivity index (χ1v) is 10.7. The van der Waals surface area contributed by atoms with Gasteiger partial charge in [-0.05, 0) is 56.6 Å². The van der Waals surface area contributed by atoms with Crippen molar-refractivity contribution in [3.05, 3.63) is 0 Å². The Morgan fingerprint density at radius 3 is 2.67 bits per heavy atom. The molecule has 0 spiro atoms. The number of carbonyl (C=O) groups excluding carboxylic acids is 1. The summed E-state index contributed by atoms with van der Waals surface area (Å²) in [6.45, 7) is 4.38. The number of nitrogens with zero attached hydrogens (tertiary/aromatic N) is 2. The van der Waals surface area contributed by atoms with Gasteiger partial charge in [0.05, 0.1) is 12.3 Å². The Bertz CT molecular complexity index is 409. The van der Waals surface area contributed by atoms with Crippen molar-refractivity contribution in [2.45, 2.75) is 69.4 Å². The van der Waals surface area contributed by atoms with Crippen LogP contribution >= 0.6 is 11.8 Å². The summed E-state index contributed by atoms with van der Waals surface area (Å²) in [5.74, 6) is 2.22. The molecule has 6 heteroatoms. The topological polar surface area (TPSA) is 44.8 Å². The van der Waals surface area contributed by atoms with Crippen molar-refractivity contribution in [2.75, 3.05) is 32.5 Å². The standard InChI is InChI=1S/C18H33N3O2S/c1-14-5-7-15(8-6-14)23-13-18(22)21(12-16-4-3-11-24-16)17-9-10-19-20(17)2/h14-17,19H,3-13H2,1-2H3. The average Bonchev–Trinajstić information content (AvgIpc) is 3.23. The summed E-state index contributed by atoms with van der Waals surface area (Å²) in [6, 6.07) is 0. The molecule has 3 rings (SSSR count). The van der Waals surface area contributed by atoms with Crippen LogP contribution in [0.3, 0.4) is 0 Å². The van der Waals surface area contributed by atoms with Gasteiger partial charge in [0, 0.05) is 25.4 Å². The molecule has 3 aliphatic rings. The summed E-state index contributed by atoms with van der Waals surface area (Å²) in [5, 5.41) is 2.69. The van der Waals surface area contributed by atoms with E-state index in [1.807, 2.05) is 18.8 Å². The average molecular weight is 356 g/mol. The van der Waals surface area contributed by atoms with Crippen LogP contribution in [0.2, 0.25) is 0 Å². The molecule has 2 heterocycles. The van der Waals surface area contributed by atoms with E-state index in [0.717, 1.165) is 38.3 Å². The monoisotopic (exact) mass is 355 g/mol. The van der Waals surface area contributed by atoms with Gasteiger partial charge < -0.3 is 9.64 Å². The molecule has 2 atom stereocenters. The van der Waals surface area contributed by atoms with Crippen molar-refractivity contribution in [1.82, 2.24) is 15.3 Å². The molecule has 138 valence electrons. The minimum Gasteiger partial charge on any atom is -0.368 e. The van der Waals surface area contributed by atoms with Crippen LogP contribution in [-0.4, -0.2) is 65.8 Å². The van der Waals surface area contributed by atoms with Gasteiger partial charge in [-0.3, -0.25) is 10.2 Å². The van der Waals surface area contributed by atoms with E-state index < -0.39 is 0 Å². The maximum Gasteiger partial charge on any atom is 0.249 e. The molecule has 0 aromatic carbocycles. The first kappa shape index (κ1) is 18.5. The number of ether oxygens (including phenoxy) is 1. The van der Waals surface area contributed by atoms with Crippen molar-refractivity contribution in [3.63, 3.8) is 0 Å². The van der Waals surface area contributed by atoms with Crippen LogP contribution < -0.4 is 5.43 Å². The van der Waals surface area contributed by atoms with Gasteiger partial charge >= 0.3 is 0 Å². The number of hydrogen-bond donors (Lipinski definition) is 1. The van der Waals surface area contributed by atoms with E-state index in [9.17, 15) is 4.79 Å². The molecule has 1 amide bonds. The second-order valence-corrected chi connectivity index (χ2v) is 9.07. The molecule has 5 nitrogen and oxygen atoms in total. The molecule has 1 aliphatic carbocycles. The fraction of sp³-hybridized carbons (Fsp3) is 0.944. The van der Waals surface area contributed by atoms with Crippen molar-refractivity contribution in [2.24, 2.45) is 5.92 Å². The second-order valence-electron chi connectivity index (χ2n) is 7.66. The zero-order chi connectivity index (χ0) is 16.9. The van der Waals surface area contributed by atoms with Gasteiger partial charge in [0.25, 0.3) is 0 Å². The fourth-order valence-corrected chi connectivity index (χ4v) is 5.37. The van der Waals surface area contributed by atoms with Crippen LogP contribution in [0.1, 0.15) is 51.9 Å². The van der Waals surface area contributed by atoms with Gasteiger partial charge in [-0.15, -0.1) is 0 Å². The maximum absolute atomic E-state index is 12.9. The SMILES string of the molecule is CC1CCC(OCC(=O)N(CC2CCCS2)C2CCNN2C)CC1. The quantitative estimate of drug-likeness (QED) is 0.793. The van der Waals surface area contributed by atoms with Crippen LogP contribution in [0.5, 0.6) is 0 Å². The van der Waals surface area contributed by atoms with E-state index in [-0.39, 0.29) is 24.8 Å². The molecule has 1 N–H and O–H groups in total. The van der Waals surface area contributed by atoms with E-state index in [0.29, 0.717) is 5.25 Å². The van der Waals surface area contributed by atoms with E-state index >= 15 is 0 Å². The number of amides is 1. The summed E-state index contributed by atoms with van der Waals surface area (Å²) >= 11 is 2.02. The lowest BCUT2D eigenvalue weighted by atomic mass is 9.89. The minimum absolute atomic E-state index is 0.168. The van der Waals surface area contributed by atoms with E-state index in [2.05, 4.69) is 22.3 Å². The number of hydrogen-bond acceptors (Lipinski definition) is 5. The minimum atomic E-state index is 0.168. The summed E-state index contributed by atoms with van der Waals surface area (Å²) in [5.41, 5.74) is 3.33. The molecule has 2 unspecified atom stereocenters. The van der Waals surface area contributed by atoms with Crippen LogP contribution in [0.15, 0.2) is 0 Å². The fourth-order valence-electron chi connectivity index (χ4n) is 4.10. The second kappa shape index (κ2) is 8.88. The Kier molecular flexibility index (Phi) is 6.84. The molecule has 2 saturated heterocycles. The molecule has 0 aromatic heterocycles. The molecule has 2 aliphatic heterocycles. The zero-order valence-corrected chi connectivity index (χ0v) is 16.0. The van der Waals surface area contributed by atoms with E-state index in [4.69, 9.17) is 4.74 Å². The Balaban J connectivity index is 1.53. The van der Waals surface area contributed by atoms with Crippen LogP contribution in [-0.2, 0) is 9.53 Å².